The van der Waals surface area contributed by atoms with Crippen molar-refractivity contribution in [1.29, 1.82) is 0 Å². The van der Waals surface area contributed by atoms with Gasteiger partial charge >= 0.3 is 0 Å². The lowest BCUT2D eigenvalue weighted by Crippen LogP contribution is -2.04. The number of halogens is 1. The molecule has 1 atom stereocenters. The van der Waals surface area contributed by atoms with Gasteiger partial charge < -0.3 is 5.73 Å². The molecule has 13 heavy (non-hydrogen) atoms. The van der Waals surface area contributed by atoms with Gasteiger partial charge in [0.2, 0.25) is 0 Å². The molecule has 0 spiro atoms. The largest absolute Gasteiger partial charge is 0.326 e. The van der Waals surface area contributed by atoms with Gasteiger partial charge in [-0.2, -0.15) is 0 Å². The number of hydrogen-bond acceptors (Lipinski definition) is 2. The molecule has 0 heterocycles. The van der Waals surface area contributed by atoms with E-state index in [-0.39, 0.29) is 12.4 Å². The van der Waals surface area contributed by atoms with Gasteiger partial charge in [0.15, 0.2) is 0 Å². The highest BCUT2D eigenvalue weighted by atomic mass is 32.2. The third-order valence-corrected chi connectivity index (χ3v) is 2.46. The smallest absolute Gasteiger partial charge is 0.123 e. The van der Waals surface area contributed by atoms with Gasteiger partial charge in [-0.05, 0) is 23.3 Å². The van der Waals surface area contributed by atoms with E-state index in [1.807, 2.05) is 0 Å². The Kier molecular flexibility index (Phi) is 3.57. The number of hydrogen-bond donors (Lipinski definition) is 1. The van der Waals surface area contributed by atoms with Gasteiger partial charge in [0.1, 0.15) is 5.82 Å². The third kappa shape index (κ3) is 2.90. The lowest BCUT2D eigenvalue weighted by atomic mass is 10.1. The van der Waals surface area contributed by atoms with Crippen LogP contribution < -0.4 is 5.73 Å². The number of rotatable bonds is 3. The fourth-order valence-electron chi connectivity index (χ4n) is 1.14. The second-order valence-electron chi connectivity index (χ2n) is 2.83. The predicted molar refractivity (Wildman–Crippen MR) is 52.1 cm³/mol. The van der Waals surface area contributed by atoms with Crippen molar-refractivity contribution in [3.8, 4) is 0 Å². The van der Waals surface area contributed by atoms with Gasteiger partial charge in [0.25, 0.3) is 0 Å². The first-order valence-corrected chi connectivity index (χ1v) is 5.63. The monoisotopic (exact) mass is 201 g/mol. The first-order chi connectivity index (χ1) is 6.13. The highest BCUT2D eigenvalue weighted by molar-refractivity contribution is 7.83. The Hall–Kier alpha value is -0.740. The molecule has 1 aromatic carbocycles. The van der Waals surface area contributed by atoms with Crippen LogP contribution in [0.25, 0.3) is 0 Å². The Morgan fingerprint density at radius 3 is 2.69 bits per heavy atom. The van der Waals surface area contributed by atoms with E-state index in [9.17, 15) is 8.60 Å². The van der Waals surface area contributed by atoms with E-state index < -0.39 is 10.8 Å². The SMILES string of the molecule is CS(=O)Cc1ccc(F)cc1CN. The minimum absolute atomic E-state index is 0.282. The number of nitrogens with two attached hydrogens (primary N) is 1. The van der Waals surface area contributed by atoms with Crippen LogP contribution in [-0.2, 0) is 23.1 Å². The van der Waals surface area contributed by atoms with Crippen LogP contribution in [0.15, 0.2) is 18.2 Å². The van der Waals surface area contributed by atoms with Gasteiger partial charge in [0, 0.05) is 29.4 Å². The highest BCUT2D eigenvalue weighted by Crippen LogP contribution is 2.12. The first kappa shape index (κ1) is 10.3. The van der Waals surface area contributed by atoms with Gasteiger partial charge in [-0.15, -0.1) is 0 Å². The molecule has 1 aromatic rings. The molecule has 1 unspecified atom stereocenters. The third-order valence-electron chi connectivity index (χ3n) is 1.75. The van der Waals surface area contributed by atoms with E-state index in [2.05, 4.69) is 0 Å². The quantitative estimate of drug-likeness (QED) is 0.797. The molecule has 4 heteroatoms. The summed E-state index contributed by atoms with van der Waals surface area (Å²) in [6.45, 7) is 0.282. The zero-order chi connectivity index (χ0) is 9.84. The van der Waals surface area contributed by atoms with Crippen LogP contribution in [0, 0.1) is 5.82 Å². The molecule has 0 saturated heterocycles. The average molecular weight is 201 g/mol. The van der Waals surface area contributed by atoms with Crippen molar-refractivity contribution in [3.63, 3.8) is 0 Å². The molecule has 0 aliphatic rings. The summed E-state index contributed by atoms with van der Waals surface area (Å²) >= 11 is 0. The fraction of sp³-hybridized carbons (Fsp3) is 0.333. The first-order valence-electron chi connectivity index (χ1n) is 3.91. The van der Waals surface area contributed by atoms with E-state index in [1.165, 1.54) is 12.1 Å². The van der Waals surface area contributed by atoms with Crippen molar-refractivity contribution in [2.75, 3.05) is 6.26 Å². The highest BCUT2D eigenvalue weighted by Gasteiger charge is 2.03. The van der Waals surface area contributed by atoms with E-state index >= 15 is 0 Å². The minimum atomic E-state index is -0.913. The van der Waals surface area contributed by atoms with E-state index in [1.54, 1.807) is 12.3 Å². The van der Waals surface area contributed by atoms with Crippen molar-refractivity contribution in [1.82, 2.24) is 0 Å². The van der Waals surface area contributed by atoms with E-state index in [0.717, 1.165) is 11.1 Å². The molecule has 72 valence electrons. The summed E-state index contributed by atoms with van der Waals surface area (Å²) in [5.41, 5.74) is 7.03. The van der Waals surface area contributed by atoms with Gasteiger partial charge in [-0.3, -0.25) is 4.21 Å². The normalized spacial score (nSPS) is 12.8. The summed E-state index contributed by atoms with van der Waals surface area (Å²) in [5.74, 6) is 0.137. The topological polar surface area (TPSA) is 43.1 Å². The zero-order valence-corrected chi connectivity index (χ0v) is 8.23. The van der Waals surface area contributed by atoms with Gasteiger partial charge in [0.05, 0.1) is 0 Å². The summed E-state index contributed by atoms with van der Waals surface area (Å²) in [4.78, 5) is 0. The molecule has 0 amide bonds. The fourth-order valence-corrected chi connectivity index (χ4v) is 1.86. The summed E-state index contributed by atoms with van der Waals surface area (Å²) in [6.07, 6.45) is 1.61. The van der Waals surface area contributed by atoms with Crippen LogP contribution in [-0.4, -0.2) is 10.5 Å². The minimum Gasteiger partial charge on any atom is -0.326 e. The lowest BCUT2D eigenvalue weighted by Gasteiger charge is -2.05. The Labute approximate surface area is 79.4 Å². The predicted octanol–water partition coefficient (Wildman–Crippen LogP) is 1.16. The lowest BCUT2D eigenvalue weighted by molar-refractivity contribution is 0.624. The van der Waals surface area contributed by atoms with Crippen LogP contribution in [0.3, 0.4) is 0 Å². The molecule has 2 N–H and O–H groups in total. The maximum Gasteiger partial charge on any atom is 0.123 e. The van der Waals surface area contributed by atoms with Crippen molar-refractivity contribution in [2.24, 2.45) is 5.73 Å². The van der Waals surface area contributed by atoms with E-state index in [4.69, 9.17) is 5.73 Å². The molecule has 0 aliphatic carbocycles. The average Bonchev–Trinajstić information content (AvgIpc) is 2.07. The Morgan fingerprint density at radius 2 is 2.15 bits per heavy atom. The van der Waals surface area contributed by atoms with E-state index in [0.29, 0.717) is 5.75 Å². The molecule has 0 bridgehead atoms. The molecule has 2 nitrogen and oxygen atoms in total. The van der Waals surface area contributed by atoms with Gasteiger partial charge in [-0.25, -0.2) is 4.39 Å². The van der Waals surface area contributed by atoms with Crippen molar-refractivity contribution >= 4 is 10.8 Å². The molecule has 0 fully saturated rings. The van der Waals surface area contributed by atoms with Crippen LogP contribution in [0.1, 0.15) is 11.1 Å². The molecular weight excluding hydrogens is 189 g/mol. The summed E-state index contributed by atoms with van der Waals surface area (Å²) < 4.78 is 23.7. The molecule has 1 rings (SSSR count). The van der Waals surface area contributed by atoms with Crippen LogP contribution in [0.2, 0.25) is 0 Å². The Bertz CT molecular complexity index is 327. The molecular formula is C9H12FNOS. The van der Waals surface area contributed by atoms with Crippen molar-refractivity contribution in [3.05, 3.63) is 35.1 Å². The molecule has 0 aliphatic heterocycles. The standard InChI is InChI=1S/C9H12FNOS/c1-13(12)6-7-2-3-9(10)4-8(7)5-11/h2-4H,5-6,11H2,1H3. The van der Waals surface area contributed by atoms with Crippen LogP contribution >= 0.6 is 0 Å². The molecule has 0 aromatic heterocycles. The zero-order valence-electron chi connectivity index (χ0n) is 7.42. The maximum absolute atomic E-state index is 12.7. The Balaban J connectivity index is 2.99. The number of benzene rings is 1. The maximum atomic E-state index is 12.7. The summed E-state index contributed by atoms with van der Waals surface area (Å²) in [7, 11) is -0.913. The second kappa shape index (κ2) is 4.48. The van der Waals surface area contributed by atoms with Crippen molar-refractivity contribution in [2.45, 2.75) is 12.3 Å². The van der Waals surface area contributed by atoms with Crippen LogP contribution in [0.5, 0.6) is 0 Å². The summed E-state index contributed by atoms with van der Waals surface area (Å²) in [5, 5.41) is 0. The molecule has 0 saturated carbocycles. The second-order valence-corrected chi connectivity index (χ2v) is 4.27. The van der Waals surface area contributed by atoms with Crippen LogP contribution in [0.4, 0.5) is 4.39 Å². The Morgan fingerprint density at radius 1 is 1.46 bits per heavy atom. The summed E-state index contributed by atoms with van der Waals surface area (Å²) in [6, 6.07) is 4.39. The molecule has 0 radical (unpaired) electrons. The van der Waals surface area contributed by atoms with Crippen molar-refractivity contribution < 1.29 is 8.60 Å². The van der Waals surface area contributed by atoms with Gasteiger partial charge in [-0.1, -0.05) is 6.07 Å².